The second-order valence-electron chi connectivity index (χ2n) is 6.83. The Hall–Kier alpha value is -1.54. The van der Waals surface area contributed by atoms with Gasteiger partial charge in [0.05, 0.1) is 10.6 Å². The van der Waals surface area contributed by atoms with Crippen molar-refractivity contribution in [2.24, 2.45) is 5.92 Å². The number of anilines is 1. The minimum atomic E-state index is -4.46. The maximum absolute atomic E-state index is 12.7. The summed E-state index contributed by atoms with van der Waals surface area (Å²) in [6.07, 6.45) is -0.189. The van der Waals surface area contributed by atoms with Crippen LogP contribution in [0.15, 0.2) is 12.3 Å². The Kier molecular flexibility index (Phi) is 5.92. The first kappa shape index (κ1) is 19.2. The first-order chi connectivity index (χ1) is 12.3. The molecular weight excluding hydrogens is 369 g/mol. The quantitative estimate of drug-likeness (QED) is 0.830. The Balaban J connectivity index is 1.52. The third-order valence-electron chi connectivity index (χ3n) is 5.00. The summed E-state index contributed by atoms with van der Waals surface area (Å²) in [5.41, 5.74) is -0.860. The van der Waals surface area contributed by atoms with Crippen LogP contribution < -0.4 is 15.5 Å². The maximum Gasteiger partial charge on any atom is 0.417 e. The van der Waals surface area contributed by atoms with Gasteiger partial charge in [0.25, 0.3) is 0 Å². The number of piperidine rings is 1. The van der Waals surface area contributed by atoms with E-state index in [1.54, 1.807) is 0 Å². The van der Waals surface area contributed by atoms with E-state index >= 15 is 0 Å². The van der Waals surface area contributed by atoms with Gasteiger partial charge in [-0.2, -0.15) is 13.2 Å². The molecule has 2 fully saturated rings. The van der Waals surface area contributed by atoms with Crippen LogP contribution in [0.2, 0.25) is 5.02 Å². The standard InChI is InChI=1S/C17H22ClF3N4O/c18-14-8-12(17(19,20)21)9-23-15(14)25-6-3-11(4-7-25)16(26)24-10-13-2-1-5-22-13/h8-9,11,13,22H,1-7,10H2,(H,24,26). The Morgan fingerprint density at radius 1 is 1.35 bits per heavy atom. The van der Waals surface area contributed by atoms with E-state index in [0.717, 1.165) is 31.6 Å². The molecule has 3 rings (SSSR count). The van der Waals surface area contributed by atoms with Gasteiger partial charge in [0.2, 0.25) is 5.91 Å². The van der Waals surface area contributed by atoms with Crippen molar-refractivity contribution in [1.82, 2.24) is 15.6 Å². The van der Waals surface area contributed by atoms with Crippen molar-refractivity contribution < 1.29 is 18.0 Å². The number of carbonyl (C=O) groups is 1. The highest BCUT2D eigenvalue weighted by Gasteiger charge is 2.33. The molecular formula is C17H22ClF3N4O. The Morgan fingerprint density at radius 3 is 2.65 bits per heavy atom. The number of amides is 1. The molecule has 0 aliphatic carbocycles. The number of nitrogens with zero attached hydrogens (tertiary/aromatic N) is 2. The summed E-state index contributed by atoms with van der Waals surface area (Å²) in [5, 5.41) is 6.32. The zero-order valence-electron chi connectivity index (χ0n) is 14.3. The van der Waals surface area contributed by atoms with Gasteiger partial charge in [-0.05, 0) is 38.3 Å². The van der Waals surface area contributed by atoms with Gasteiger partial charge in [-0.25, -0.2) is 4.98 Å². The summed E-state index contributed by atoms with van der Waals surface area (Å²) in [5.74, 6) is 0.305. The van der Waals surface area contributed by atoms with Crippen LogP contribution in [-0.4, -0.2) is 43.1 Å². The van der Waals surface area contributed by atoms with E-state index in [0.29, 0.717) is 44.3 Å². The van der Waals surface area contributed by atoms with Crippen LogP contribution in [0.4, 0.5) is 19.0 Å². The van der Waals surface area contributed by atoms with Gasteiger partial charge in [-0.15, -0.1) is 0 Å². The number of nitrogens with one attached hydrogen (secondary N) is 2. The second kappa shape index (κ2) is 8.00. The largest absolute Gasteiger partial charge is 0.417 e. The van der Waals surface area contributed by atoms with Crippen molar-refractivity contribution in [1.29, 1.82) is 0 Å². The highest BCUT2D eigenvalue weighted by molar-refractivity contribution is 6.33. The van der Waals surface area contributed by atoms with Gasteiger partial charge in [0, 0.05) is 37.8 Å². The molecule has 1 aromatic heterocycles. The van der Waals surface area contributed by atoms with Crippen LogP contribution in [0.25, 0.3) is 0 Å². The SMILES string of the molecule is O=C(NCC1CCCN1)C1CCN(c2ncc(C(F)(F)F)cc2Cl)CC1. The molecule has 0 bridgehead atoms. The van der Waals surface area contributed by atoms with Crippen molar-refractivity contribution in [2.75, 3.05) is 31.1 Å². The fraction of sp³-hybridized carbons (Fsp3) is 0.647. The van der Waals surface area contributed by atoms with Crippen LogP contribution in [0.5, 0.6) is 0 Å². The van der Waals surface area contributed by atoms with Crippen molar-refractivity contribution >= 4 is 23.3 Å². The molecule has 2 saturated heterocycles. The molecule has 1 amide bonds. The third-order valence-corrected chi connectivity index (χ3v) is 5.28. The number of pyridine rings is 1. The summed E-state index contributed by atoms with van der Waals surface area (Å²) in [6.45, 7) is 2.72. The first-order valence-electron chi connectivity index (χ1n) is 8.83. The maximum atomic E-state index is 12.7. The van der Waals surface area contributed by atoms with Crippen LogP contribution >= 0.6 is 11.6 Å². The molecule has 2 N–H and O–H groups in total. The highest BCUT2D eigenvalue weighted by Crippen LogP contribution is 2.34. The average Bonchev–Trinajstić information content (AvgIpc) is 3.12. The third kappa shape index (κ3) is 4.59. The molecule has 26 heavy (non-hydrogen) atoms. The molecule has 3 heterocycles. The molecule has 1 unspecified atom stereocenters. The lowest BCUT2D eigenvalue weighted by atomic mass is 9.95. The highest BCUT2D eigenvalue weighted by atomic mass is 35.5. The fourth-order valence-electron chi connectivity index (χ4n) is 3.47. The number of alkyl halides is 3. The number of hydrogen-bond donors (Lipinski definition) is 2. The molecule has 0 spiro atoms. The minimum Gasteiger partial charge on any atom is -0.355 e. The molecule has 2 aliphatic heterocycles. The molecule has 0 saturated carbocycles. The van der Waals surface area contributed by atoms with E-state index in [4.69, 9.17) is 11.6 Å². The van der Waals surface area contributed by atoms with Gasteiger partial charge in [0.1, 0.15) is 5.82 Å². The summed E-state index contributed by atoms with van der Waals surface area (Å²) in [7, 11) is 0. The van der Waals surface area contributed by atoms with E-state index < -0.39 is 11.7 Å². The number of hydrogen-bond acceptors (Lipinski definition) is 4. The van der Waals surface area contributed by atoms with Crippen molar-refractivity contribution in [2.45, 2.75) is 37.9 Å². The number of aromatic nitrogens is 1. The van der Waals surface area contributed by atoms with Crippen LogP contribution in [0, 0.1) is 5.92 Å². The first-order valence-corrected chi connectivity index (χ1v) is 9.21. The molecule has 144 valence electrons. The van der Waals surface area contributed by atoms with E-state index in [1.165, 1.54) is 0 Å². The summed E-state index contributed by atoms with van der Waals surface area (Å²) >= 11 is 6.00. The lowest BCUT2D eigenvalue weighted by Gasteiger charge is -2.33. The predicted molar refractivity (Wildman–Crippen MR) is 93.2 cm³/mol. The normalized spacial score (nSPS) is 21.8. The monoisotopic (exact) mass is 390 g/mol. The number of halogens is 4. The second-order valence-corrected chi connectivity index (χ2v) is 7.23. The molecule has 0 radical (unpaired) electrons. The summed E-state index contributed by atoms with van der Waals surface area (Å²) in [4.78, 5) is 18.0. The van der Waals surface area contributed by atoms with Crippen molar-refractivity contribution in [3.63, 3.8) is 0 Å². The topological polar surface area (TPSA) is 57.3 Å². The van der Waals surface area contributed by atoms with E-state index in [1.807, 2.05) is 4.90 Å². The van der Waals surface area contributed by atoms with Gasteiger partial charge in [0.15, 0.2) is 0 Å². The van der Waals surface area contributed by atoms with Gasteiger partial charge in [-0.3, -0.25) is 4.79 Å². The molecule has 2 aliphatic rings. The van der Waals surface area contributed by atoms with Crippen molar-refractivity contribution in [3.8, 4) is 0 Å². The summed E-state index contributed by atoms with van der Waals surface area (Å²) in [6, 6.07) is 1.26. The zero-order chi connectivity index (χ0) is 18.7. The average molecular weight is 391 g/mol. The van der Waals surface area contributed by atoms with Crippen LogP contribution in [0.3, 0.4) is 0 Å². The predicted octanol–water partition coefficient (Wildman–Crippen LogP) is 2.84. The Labute approximate surface area is 155 Å². The van der Waals surface area contributed by atoms with Crippen molar-refractivity contribution in [3.05, 3.63) is 22.8 Å². The molecule has 1 atom stereocenters. The molecule has 0 aromatic carbocycles. The Bertz CT molecular complexity index is 641. The molecule has 1 aromatic rings. The molecule has 9 heteroatoms. The van der Waals surface area contributed by atoms with Gasteiger partial charge >= 0.3 is 6.18 Å². The van der Waals surface area contributed by atoms with E-state index in [2.05, 4.69) is 15.6 Å². The number of carbonyl (C=O) groups excluding carboxylic acids is 1. The smallest absolute Gasteiger partial charge is 0.355 e. The Morgan fingerprint density at radius 2 is 2.08 bits per heavy atom. The van der Waals surface area contributed by atoms with Gasteiger partial charge < -0.3 is 15.5 Å². The van der Waals surface area contributed by atoms with E-state index in [9.17, 15) is 18.0 Å². The fourth-order valence-corrected chi connectivity index (χ4v) is 3.76. The molecule has 5 nitrogen and oxygen atoms in total. The van der Waals surface area contributed by atoms with E-state index in [-0.39, 0.29) is 16.8 Å². The van der Waals surface area contributed by atoms with Crippen LogP contribution in [0.1, 0.15) is 31.2 Å². The lowest BCUT2D eigenvalue weighted by Crippen LogP contribution is -2.44. The summed E-state index contributed by atoms with van der Waals surface area (Å²) < 4.78 is 38.1. The van der Waals surface area contributed by atoms with Crippen LogP contribution in [-0.2, 0) is 11.0 Å². The zero-order valence-corrected chi connectivity index (χ0v) is 15.0. The lowest BCUT2D eigenvalue weighted by molar-refractivity contribution is -0.137. The minimum absolute atomic E-state index is 0.0185. The van der Waals surface area contributed by atoms with Gasteiger partial charge in [-0.1, -0.05) is 11.6 Å². The number of rotatable bonds is 4.